The summed E-state index contributed by atoms with van der Waals surface area (Å²) in [4.78, 5) is 7.69. The van der Waals surface area contributed by atoms with Gasteiger partial charge in [0.05, 0.1) is 0 Å². The summed E-state index contributed by atoms with van der Waals surface area (Å²) in [6, 6.07) is 1.66. The molecule has 0 unspecified atom stereocenters. The van der Waals surface area contributed by atoms with Crippen molar-refractivity contribution in [2.45, 2.75) is 6.92 Å². The maximum Gasteiger partial charge on any atom is 0.127 e. The van der Waals surface area contributed by atoms with Crippen LogP contribution in [0.2, 0.25) is 0 Å². The molecule has 0 radical (unpaired) electrons. The van der Waals surface area contributed by atoms with Crippen LogP contribution < -0.4 is 5.73 Å². The summed E-state index contributed by atoms with van der Waals surface area (Å²) >= 11 is 0. The molecule has 2 N–H and O–H groups in total. The Bertz CT molecular complexity index is 175. The molecule has 10 heavy (non-hydrogen) atoms. The first kappa shape index (κ1) is 12.2. The highest BCUT2D eigenvalue weighted by molar-refractivity contribution is 5.85. The van der Waals surface area contributed by atoms with Gasteiger partial charge in [-0.25, -0.2) is 9.97 Å². The Morgan fingerprint density at radius 2 is 2.00 bits per heavy atom. The summed E-state index contributed by atoms with van der Waals surface area (Å²) in [5, 5.41) is 0. The monoisotopic (exact) mass is 181 g/mol. The predicted octanol–water partition coefficient (Wildman–Crippen LogP) is 1.21. The minimum atomic E-state index is 0. The minimum Gasteiger partial charge on any atom is -0.384 e. The predicted molar refractivity (Wildman–Crippen MR) is 45.7 cm³/mol. The van der Waals surface area contributed by atoms with Crippen molar-refractivity contribution >= 4 is 30.6 Å². The highest BCUT2D eigenvalue weighted by atomic mass is 35.5. The van der Waals surface area contributed by atoms with E-state index in [1.165, 1.54) is 0 Å². The number of aromatic nitrogens is 2. The standard InChI is InChI=1S/C5H7N3.2ClH/c1-4-7-3-2-5(6)8-4;;/h2-3H,1H3,(H2,6,7,8);2*1H. The first-order valence-electron chi connectivity index (χ1n) is 2.34. The van der Waals surface area contributed by atoms with Crippen LogP contribution in [0, 0.1) is 6.92 Å². The van der Waals surface area contributed by atoms with Crippen molar-refractivity contribution in [3.05, 3.63) is 18.1 Å². The van der Waals surface area contributed by atoms with Gasteiger partial charge in [-0.1, -0.05) is 0 Å². The molecule has 1 aromatic heterocycles. The molecule has 0 bridgehead atoms. The second-order valence-corrected chi connectivity index (χ2v) is 1.53. The van der Waals surface area contributed by atoms with Crippen LogP contribution in [0.3, 0.4) is 0 Å². The first-order chi connectivity index (χ1) is 3.79. The molecule has 0 aliphatic rings. The van der Waals surface area contributed by atoms with Crippen molar-refractivity contribution < 1.29 is 0 Å². The van der Waals surface area contributed by atoms with Crippen molar-refractivity contribution in [2.24, 2.45) is 0 Å². The minimum absolute atomic E-state index is 0. The zero-order valence-corrected chi connectivity index (χ0v) is 7.08. The third-order valence-electron chi connectivity index (χ3n) is 0.798. The maximum atomic E-state index is 5.31. The van der Waals surface area contributed by atoms with E-state index in [2.05, 4.69) is 9.97 Å². The fourth-order valence-electron chi connectivity index (χ4n) is 0.474. The highest BCUT2D eigenvalue weighted by Crippen LogP contribution is 1.92. The maximum absolute atomic E-state index is 5.31. The second-order valence-electron chi connectivity index (χ2n) is 1.53. The van der Waals surface area contributed by atoms with E-state index in [9.17, 15) is 0 Å². The van der Waals surface area contributed by atoms with Crippen molar-refractivity contribution in [3.63, 3.8) is 0 Å². The third-order valence-corrected chi connectivity index (χ3v) is 0.798. The number of nitrogen functional groups attached to an aromatic ring is 1. The van der Waals surface area contributed by atoms with Crippen molar-refractivity contribution in [1.82, 2.24) is 9.97 Å². The molecule has 0 fully saturated rings. The summed E-state index contributed by atoms with van der Waals surface area (Å²) in [7, 11) is 0. The lowest BCUT2D eigenvalue weighted by Gasteiger charge is -1.89. The van der Waals surface area contributed by atoms with Crippen molar-refractivity contribution in [3.8, 4) is 0 Å². The number of anilines is 1. The van der Waals surface area contributed by atoms with Crippen molar-refractivity contribution in [2.75, 3.05) is 5.73 Å². The zero-order chi connectivity index (χ0) is 5.98. The number of nitrogens with zero attached hydrogens (tertiary/aromatic N) is 2. The number of rotatable bonds is 0. The van der Waals surface area contributed by atoms with Gasteiger partial charge in [-0.15, -0.1) is 24.8 Å². The van der Waals surface area contributed by atoms with Gasteiger partial charge in [-0.2, -0.15) is 0 Å². The molecule has 0 aromatic carbocycles. The Balaban J connectivity index is 0. The van der Waals surface area contributed by atoms with Crippen LogP contribution in [-0.2, 0) is 0 Å². The van der Waals surface area contributed by atoms with E-state index in [1.807, 2.05) is 0 Å². The van der Waals surface area contributed by atoms with Crippen LogP contribution >= 0.6 is 24.8 Å². The summed E-state index contributed by atoms with van der Waals surface area (Å²) in [5.74, 6) is 1.24. The van der Waals surface area contributed by atoms with Gasteiger partial charge in [0.2, 0.25) is 0 Å². The largest absolute Gasteiger partial charge is 0.384 e. The van der Waals surface area contributed by atoms with Gasteiger partial charge < -0.3 is 5.73 Å². The van der Waals surface area contributed by atoms with Gasteiger partial charge in [0.15, 0.2) is 0 Å². The quantitative estimate of drug-likeness (QED) is 0.655. The van der Waals surface area contributed by atoms with Gasteiger partial charge in [0.25, 0.3) is 0 Å². The fraction of sp³-hybridized carbons (Fsp3) is 0.200. The van der Waals surface area contributed by atoms with Crippen LogP contribution in [0.25, 0.3) is 0 Å². The average Bonchev–Trinajstić information content (AvgIpc) is 1.64. The van der Waals surface area contributed by atoms with E-state index in [4.69, 9.17) is 5.73 Å². The number of aryl methyl sites for hydroxylation is 1. The summed E-state index contributed by atoms with van der Waals surface area (Å²) in [5.41, 5.74) is 5.31. The summed E-state index contributed by atoms with van der Waals surface area (Å²) in [6.07, 6.45) is 1.64. The third kappa shape index (κ3) is 3.48. The lowest BCUT2D eigenvalue weighted by molar-refractivity contribution is 1.06. The number of halogens is 2. The van der Waals surface area contributed by atoms with Crippen LogP contribution in [0.1, 0.15) is 5.82 Å². The molecule has 0 aliphatic carbocycles. The Morgan fingerprint density at radius 1 is 1.40 bits per heavy atom. The molecular weight excluding hydrogens is 173 g/mol. The van der Waals surface area contributed by atoms with Gasteiger partial charge in [0, 0.05) is 6.20 Å². The molecule has 0 saturated carbocycles. The Labute approximate surface area is 71.9 Å². The topological polar surface area (TPSA) is 51.8 Å². The highest BCUT2D eigenvalue weighted by Gasteiger charge is 1.83. The Hall–Kier alpha value is -0.540. The second kappa shape index (κ2) is 5.26. The normalized spacial score (nSPS) is 7.30. The number of nitrogens with two attached hydrogens (primary N) is 1. The van der Waals surface area contributed by atoms with Crippen molar-refractivity contribution in [1.29, 1.82) is 0 Å². The SMILES string of the molecule is Cc1nccc(N)n1.Cl.Cl. The van der Waals surface area contributed by atoms with Crippen LogP contribution in [0.5, 0.6) is 0 Å². The summed E-state index contributed by atoms with van der Waals surface area (Å²) < 4.78 is 0. The van der Waals surface area contributed by atoms with Gasteiger partial charge in [0.1, 0.15) is 11.6 Å². The average molecular weight is 182 g/mol. The molecule has 1 aromatic rings. The van der Waals surface area contributed by atoms with Gasteiger partial charge >= 0.3 is 0 Å². The lowest BCUT2D eigenvalue weighted by Crippen LogP contribution is -1.92. The smallest absolute Gasteiger partial charge is 0.127 e. The first-order valence-corrected chi connectivity index (χ1v) is 2.34. The molecule has 58 valence electrons. The fourth-order valence-corrected chi connectivity index (χ4v) is 0.474. The van der Waals surface area contributed by atoms with Gasteiger partial charge in [-0.3, -0.25) is 0 Å². The molecule has 3 nitrogen and oxygen atoms in total. The molecule has 0 amide bonds. The van der Waals surface area contributed by atoms with E-state index >= 15 is 0 Å². The van der Waals surface area contributed by atoms with Crippen LogP contribution in [0.15, 0.2) is 12.3 Å². The van der Waals surface area contributed by atoms with E-state index in [0.29, 0.717) is 11.6 Å². The molecular formula is C5H9Cl2N3. The summed E-state index contributed by atoms with van der Waals surface area (Å²) in [6.45, 7) is 1.80. The van der Waals surface area contributed by atoms with Crippen LogP contribution in [0.4, 0.5) is 5.82 Å². The number of hydrogen-bond donors (Lipinski definition) is 1. The van der Waals surface area contributed by atoms with E-state index < -0.39 is 0 Å². The Morgan fingerprint density at radius 3 is 2.30 bits per heavy atom. The van der Waals surface area contributed by atoms with E-state index in [-0.39, 0.29) is 24.8 Å². The molecule has 0 spiro atoms. The Kier molecular flexibility index (Phi) is 6.40. The molecule has 1 heterocycles. The molecule has 0 atom stereocenters. The van der Waals surface area contributed by atoms with Gasteiger partial charge in [-0.05, 0) is 13.0 Å². The molecule has 0 aliphatic heterocycles. The molecule has 0 saturated heterocycles. The lowest BCUT2D eigenvalue weighted by atomic mass is 10.6. The molecule has 5 heteroatoms. The number of hydrogen-bond acceptors (Lipinski definition) is 3. The van der Waals surface area contributed by atoms with Crippen LogP contribution in [-0.4, -0.2) is 9.97 Å². The van der Waals surface area contributed by atoms with E-state index in [0.717, 1.165) is 0 Å². The zero-order valence-electron chi connectivity index (χ0n) is 5.44. The van der Waals surface area contributed by atoms with E-state index in [1.54, 1.807) is 19.2 Å². The molecule has 1 rings (SSSR count).